The number of nitrogens with zero attached hydrogens (tertiary/aromatic N) is 1. The average Bonchev–Trinajstić information content (AvgIpc) is 3.07. The number of nitrogens with one attached hydrogen (secondary N) is 1. The van der Waals surface area contributed by atoms with E-state index in [1.54, 1.807) is 0 Å². The molecule has 0 aliphatic heterocycles. The third-order valence-electron chi connectivity index (χ3n) is 4.91. The molecule has 1 aromatic heterocycles. The summed E-state index contributed by atoms with van der Waals surface area (Å²) >= 11 is 3.62. The predicted molar refractivity (Wildman–Crippen MR) is 114 cm³/mol. The van der Waals surface area contributed by atoms with Crippen LogP contribution in [0.1, 0.15) is 22.7 Å². The second kappa shape index (κ2) is 7.00. The van der Waals surface area contributed by atoms with E-state index in [1.807, 2.05) is 0 Å². The van der Waals surface area contributed by atoms with Crippen molar-refractivity contribution in [2.24, 2.45) is 0 Å². The average molecular weight is 405 g/mol. The molecule has 26 heavy (non-hydrogen) atoms. The second-order valence-electron chi connectivity index (χ2n) is 6.69. The van der Waals surface area contributed by atoms with E-state index in [-0.39, 0.29) is 6.04 Å². The number of aryl methyl sites for hydroxylation is 1. The molecule has 4 rings (SSSR count). The molecule has 1 unspecified atom stereocenters. The normalized spacial score (nSPS) is 12.3. The first kappa shape index (κ1) is 16.9. The maximum absolute atomic E-state index is 3.62. The van der Waals surface area contributed by atoms with Crippen LogP contribution >= 0.6 is 15.9 Å². The second-order valence-corrected chi connectivity index (χ2v) is 7.61. The van der Waals surface area contributed by atoms with Gasteiger partial charge in [0.05, 0.1) is 6.04 Å². The largest absolute Gasteiger partial charge is 0.363 e. The first-order valence-electron chi connectivity index (χ1n) is 8.74. The van der Waals surface area contributed by atoms with Gasteiger partial charge in [-0.2, -0.15) is 0 Å². The van der Waals surface area contributed by atoms with Gasteiger partial charge < -0.3 is 9.88 Å². The van der Waals surface area contributed by atoms with Crippen LogP contribution in [0.15, 0.2) is 83.5 Å². The van der Waals surface area contributed by atoms with Crippen molar-refractivity contribution in [3.05, 3.63) is 100 Å². The van der Waals surface area contributed by atoms with Crippen LogP contribution in [0.4, 0.5) is 5.69 Å². The van der Waals surface area contributed by atoms with Crippen LogP contribution in [0.3, 0.4) is 0 Å². The number of anilines is 1. The molecule has 1 N–H and O–H groups in total. The van der Waals surface area contributed by atoms with Gasteiger partial charge in [-0.1, -0.05) is 64.0 Å². The van der Waals surface area contributed by atoms with Gasteiger partial charge in [0, 0.05) is 39.9 Å². The van der Waals surface area contributed by atoms with Gasteiger partial charge in [0.15, 0.2) is 0 Å². The number of benzene rings is 3. The standard InChI is InChI=1S/C23H21BrN2/c1-16-8-10-17(11-9-16)23(26(2)19-6-4-3-5-7-19)21-15-25-22-13-12-18(24)14-20(21)22/h3-15,23,25H,1-2H3. The highest BCUT2D eigenvalue weighted by molar-refractivity contribution is 9.10. The zero-order chi connectivity index (χ0) is 18.1. The van der Waals surface area contributed by atoms with E-state index in [0.29, 0.717) is 0 Å². The summed E-state index contributed by atoms with van der Waals surface area (Å²) in [5.41, 5.74) is 6.18. The first-order chi connectivity index (χ1) is 12.6. The highest BCUT2D eigenvalue weighted by Crippen LogP contribution is 2.36. The molecule has 0 saturated carbocycles. The van der Waals surface area contributed by atoms with Crippen LogP contribution in [0.5, 0.6) is 0 Å². The summed E-state index contributed by atoms with van der Waals surface area (Å²) in [6.07, 6.45) is 2.14. The van der Waals surface area contributed by atoms with Crippen LogP contribution in [0.2, 0.25) is 0 Å². The van der Waals surface area contributed by atoms with Crippen LogP contribution in [0, 0.1) is 6.92 Å². The number of para-hydroxylation sites is 1. The van der Waals surface area contributed by atoms with Crippen LogP contribution in [0.25, 0.3) is 10.9 Å². The lowest BCUT2D eigenvalue weighted by Crippen LogP contribution is -2.25. The highest BCUT2D eigenvalue weighted by atomic mass is 79.9. The smallest absolute Gasteiger partial charge is 0.0813 e. The van der Waals surface area contributed by atoms with Crippen molar-refractivity contribution in [3.63, 3.8) is 0 Å². The third-order valence-corrected chi connectivity index (χ3v) is 5.41. The molecule has 0 radical (unpaired) electrons. The minimum Gasteiger partial charge on any atom is -0.363 e. The number of fused-ring (bicyclic) bond motifs is 1. The monoisotopic (exact) mass is 404 g/mol. The summed E-state index contributed by atoms with van der Waals surface area (Å²) < 4.78 is 1.09. The summed E-state index contributed by atoms with van der Waals surface area (Å²) in [4.78, 5) is 5.78. The molecule has 4 aromatic rings. The van der Waals surface area contributed by atoms with Crippen molar-refractivity contribution in [2.75, 3.05) is 11.9 Å². The van der Waals surface area contributed by atoms with Gasteiger partial charge in [0.1, 0.15) is 0 Å². The molecule has 0 aliphatic carbocycles. The molecule has 1 heterocycles. The lowest BCUT2D eigenvalue weighted by Gasteiger charge is -2.31. The predicted octanol–water partition coefficient (Wildman–Crippen LogP) is 6.46. The fraction of sp³-hybridized carbons (Fsp3) is 0.130. The zero-order valence-corrected chi connectivity index (χ0v) is 16.5. The van der Waals surface area contributed by atoms with Gasteiger partial charge in [-0.25, -0.2) is 0 Å². The van der Waals surface area contributed by atoms with Crippen molar-refractivity contribution < 1.29 is 0 Å². The van der Waals surface area contributed by atoms with Crippen molar-refractivity contribution in [3.8, 4) is 0 Å². The van der Waals surface area contributed by atoms with E-state index in [2.05, 4.69) is 119 Å². The van der Waals surface area contributed by atoms with E-state index in [9.17, 15) is 0 Å². The summed E-state index contributed by atoms with van der Waals surface area (Å²) in [5.74, 6) is 0. The molecular weight excluding hydrogens is 384 g/mol. The summed E-state index contributed by atoms with van der Waals surface area (Å²) in [6, 6.07) is 25.9. The van der Waals surface area contributed by atoms with Crippen LogP contribution in [-0.4, -0.2) is 12.0 Å². The Bertz CT molecular complexity index is 1020. The Hall–Kier alpha value is -2.52. The Balaban J connectivity index is 1.89. The summed E-state index contributed by atoms with van der Waals surface area (Å²) in [7, 11) is 2.16. The summed E-state index contributed by atoms with van der Waals surface area (Å²) in [6.45, 7) is 2.13. The van der Waals surface area contributed by atoms with E-state index in [4.69, 9.17) is 0 Å². The molecule has 2 nitrogen and oxygen atoms in total. The first-order valence-corrected chi connectivity index (χ1v) is 9.54. The van der Waals surface area contributed by atoms with Crippen molar-refractivity contribution >= 4 is 32.5 Å². The lowest BCUT2D eigenvalue weighted by molar-refractivity contribution is 0.788. The van der Waals surface area contributed by atoms with Gasteiger partial charge >= 0.3 is 0 Å². The quantitative estimate of drug-likeness (QED) is 0.413. The minimum absolute atomic E-state index is 0.126. The molecule has 0 aliphatic rings. The van der Waals surface area contributed by atoms with Gasteiger partial charge in [-0.05, 0) is 42.8 Å². The minimum atomic E-state index is 0.126. The molecule has 3 aromatic carbocycles. The Morgan fingerprint density at radius 1 is 0.923 bits per heavy atom. The van der Waals surface area contributed by atoms with Crippen molar-refractivity contribution in [1.29, 1.82) is 0 Å². The number of H-pyrrole nitrogens is 1. The third kappa shape index (κ3) is 3.15. The van der Waals surface area contributed by atoms with E-state index >= 15 is 0 Å². The van der Waals surface area contributed by atoms with Gasteiger partial charge in [-0.3, -0.25) is 0 Å². The number of hydrogen-bond donors (Lipinski definition) is 1. The molecule has 0 amide bonds. The Kier molecular flexibility index (Phi) is 4.56. The van der Waals surface area contributed by atoms with Gasteiger partial charge in [-0.15, -0.1) is 0 Å². The number of aromatic amines is 1. The van der Waals surface area contributed by atoms with E-state index < -0.39 is 0 Å². The molecule has 0 bridgehead atoms. The molecule has 1 atom stereocenters. The maximum Gasteiger partial charge on any atom is 0.0813 e. The van der Waals surface area contributed by atoms with Gasteiger partial charge in [0.2, 0.25) is 0 Å². The molecule has 0 saturated heterocycles. The molecular formula is C23H21BrN2. The number of halogens is 1. The van der Waals surface area contributed by atoms with Crippen LogP contribution < -0.4 is 4.90 Å². The fourth-order valence-corrected chi connectivity index (χ4v) is 3.87. The summed E-state index contributed by atoms with van der Waals surface area (Å²) in [5, 5.41) is 1.24. The SMILES string of the molecule is Cc1ccc(C(c2c[nH]c3ccc(Br)cc23)N(C)c2ccccc2)cc1. The number of hydrogen-bond acceptors (Lipinski definition) is 1. The van der Waals surface area contributed by atoms with Crippen molar-refractivity contribution in [1.82, 2.24) is 4.98 Å². The highest BCUT2D eigenvalue weighted by Gasteiger charge is 2.23. The van der Waals surface area contributed by atoms with Crippen LogP contribution in [-0.2, 0) is 0 Å². The van der Waals surface area contributed by atoms with Gasteiger partial charge in [0.25, 0.3) is 0 Å². The number of aromatic nitrogens is 1. The Morgan fingerprint density at radius 3 is 2.38 bits per heavy atom. The van der Waals surface area contributed by atoms with Crippen molar-refractivity contribution in [2.45, 2.75) is 13.0 Å². The lowest BCUT2D eigenvalue weighted by atomic mass is 9.95. The maximum atomic E-state index is 3.62. The van der Waals surface area contributed by atoms with E-state index in [0.717, 1.165) is 9.99 Å². The molecule has 0 fully saturated rings. The fourth-order valence-electron chi connectivity index (χ4n) is 3.51. The molecule has 0 spiro atoms. The Labute approximate surface area is 162 Å². The number of rotatable bonds is 4. The topological polar surface area (TPSA) is 19.0 Å². The molecule has 130 valence electrons. The Morgan fingerprint density at radius 2 is 1.65 bits per heavy atom. The molecule has 3 heteroatoms. The zero-order valence-electron chi connectivity index (χ0n) is 14.9. The van der Waals surface area contributed by atoms with E-state index in [1.165, 1.54) is 27.8 Å².